The molecule has 0 fully saturated rings. The van der Waals surface area contributed by atoms with Gasteiger partial charge in [-0.3, -0.25) is 3.97 Å². The number of fused-ring (bicyclic) bond motifs is 1. The predicted octanol–water partition coefficient (Wildman–Crippen LogP) is 3.13. The monoisotopic (exact) mass is 277 g/mol. The highest BCUT2D eigenvalue weighted by atomic mass is 32.3. The first-order valence-corrected chi connectivity index (χ1v) is 8.25. The highest BCUT2D eigenvalue weighted by molar-refractivity contribution is 8.33. The molecule has 4 nitrogen and oxygen atoms in total. The van der Waals surface area contributed by atoms with E-state index < -0.39 is 14.6 Å². The fourth-order valence-corrected chi connectivity index (χ4v) is 6.10. The van der Waals surface area contributed by atoms with E-state index in [1.54, 1.807) is 13.0 Å². The van der Waals surface area contributed by atoms with Crippen LogP contribution in [0.4, 0.5) is 4.79 Å². The summed E-state index contributed by atoms with van der Waals surface area (Å²) < 4.78 is 15.0. The minimum atomic E-state index is -4.04. The zero-order chi connectivity index (χ0) is 13.7. The van der Waals surface area contributed by atoms with Crippen LogP contribution in [0.2, 0.25) is 0 Å². The summed E-state index contributed by atoms with van der Waals surface area (Å²) in [4.78, 5) is 11.8. The van der Waals surface area contributed by atoms with E-state index in [-0.39, 0.29) is 5.75 Å². The van der Waals surface area contributed by atoms with Crippen LogP contribution in [0.3, 0.4) is 0 Å². The Bertz CT molecular complexity index is 787. The zero-order valence-electron chi connectivity index (χ0n) is 10.6. The molecule has 5 heteroatoms. The summed E-state index contributed by atoms with van der Waals surface area (Å²) in [6, 6.07) is 9.32. The van der Waals surface area contributed by atoms with Crippen molar-refractivity contribution >= 4 is 25.5 Å². The first-order chi connectivity index (χ1) is 8.96. The van der Waals surface area contributed by atoms with E-state index in [0.717, 1.165) is 5.39 Å². The van der Waals surface area contributed by atoms with Crippen LogP contribution in [0.15, 0.2) is 41.8 Å². The number of rotatable bonds is 1. The standard InChI is InChI=1S/C14H15NO3S/c1-11-10-12-6-2-3-7-13(12)15(11)19(18,14(16)17)8-4-5-9-19/h2-4,6-8,10H,5,9H2,1H3,(H,16,17). The second-order valence-corrected chi connectivity index (χ2v) is 8.54. The third kappa shape index (κ3) is 1.39. The van der Waals surface area contributed by atoms with Crippen LogP contribution in [0.5, 0.6) is 0 Å². The minimum Gasteiger partial charge on any atom is -0.471 e. The van der Waals surface area contributed by atoms with Crippen LogP contribution < -0.4 is 0 Å². The molecule has 0 spiro atoms. The Morgan fingerprint density at radius 1 is 1.37 bits per heavy atom. The Morgan fingerprint density at radius 3 is 2.74 bits per heavy atom. The van der Waals surface area contributed by atoms with Crippen LogP contribution in [0.1, 0.15) is 12.1 Å². The lowest BCUT2D eigenvalue weighted by Crippen LogP contribution is -2.46. The molecule has 0 radical (unpaired) electrons. The summed E-state index contributed by atoms with van der Waals surface area (Å²) in [5.74, 6) is 0.145. The number of nitrogens with zero attached hydrogens (tertiary/aromatic N) is 1. The summed E-state index contributed by atoms with van der Waals surface area (Å²) in [5, 5.41) is 10.7. The van der Waals surface area contributed by atoms with Crippen molar-refractivity contribution in [1.29, 1.82) is 0 Å². The van der Waals surface area contributed by atoms with Gasteiger partial charge in [0, 0.05) is 22.2 Å². The molecule has 1 aliphatic heterocycles. The molecule has 0 amide bonds. The lowest BCUT2D eigenvalue weighted by molar-refractivity contribution is 0.219. The lowest BCUT2D eigenvalue weighted by Gasteiger charge is -2.35. The number of para-hydroxylation sites is 1. The number of aryl methyl sites for hydroxylation is 1. The molecule has 0 saturated carbocycles. The minimum absolute atomic E-state index is 0.145. The summed E-state index contributed by atoms with van der Waals surface area (Å²) in [6.07, 6.45) is 2.24. The number of benzene rings is 1. The second kappa shape index (κ2) is 3.57. The largest absolute Gasteiger partial charge is 0.471 e. The van der Waals surface area contributed by atoms with E-state index in [1.807, 2.05) is 30.3 Å². The van der Waals surface area contributed by atoms with Gasteiger partial charge in [-0.05, 0) is 25.5 Å². The average Bonchev–Trinajstić information content (AvgIpc) is 2.91. The molecule has 1 N–H and O–H groups in total. The number of allylic oxidation sites excluding steroid dienone is 1. The van der Waals surface area contributed by atoms with Gasteiger partial charge in [-0.1, -0.05) is 24.3 Å². The third-order valence-electron chi connectivity index (χ3n) is 3.67. The van der Waals surface area contributed by atoms with Gasteiger partial charge in [0.2, 0.25) is 0 Å². The van der Waals surface area contributed by atoms with Crippen molar-refractivity contribution in [3.8, 4) is 0 Å². The van der Waals surface area contributed by atoms with E-state index in [0.29, 0.717) is 17.6 Å². The van der Waals surface area contributed by atoms with Crippen molar-refractivity contribution in [1.82, 2.24) is 3.97 Å². The van der Waals surface area contributed by atoms with Crippen molar-refractivity contribution in [2.24, 2.45) is 0 Å². The quantitative estimate of drug-likeness (QED) is 0.871. The maximum absolute atomic E-state index is 13.5. The normalized spacial score (nSPS) is 22.1. The zero-order valence-corrected chi connectivity index (χ0v) is 11.4. The maximum atomic E-state index is 13.5. The first-order valence-electron chi connectivity index (χ1n) is 6.10. The Labute approximate surface area is 110 Å². The third-order valence-corrected chi connectivity index (χ3v) is 7.48. The average molecular weight is 277 g/mol. The first kappa shape index (κ1) is 12.2. The van der Waals surface area contributed by atoms with Gasteiger partial charge in [-0.2, -0.15) is 0 Å². The molecule has 1 aromatic carbocycles. The molecule has 1 aliphatic rings. The molecule has 0 unspecified atom stereocenters. The van der Waals surface area contributed by atoms with Crippen molar-refractivity contribution < 1.29 is 14.1 Å². The number of aromatic nitrogens is 1. The molecule has 0 saturated heterocycles. The smallest absolute Gasteiger partial charge is 0.394 e. The van der Waals surface area contributed by atoms with Gasteiger partial charge in [0.25, 0.3) is 0 Å². The summed E-state index contributed by atoms with van der Waals surface area (Å²) in [5.41, 5.74) is 1.43. The molecule has 0 bridgehead atoms. The van der Waals surface area contributed by atoms with Gasteiger partial charge >= 0.3 is 5.30 Å². The molecule has 1 aromatic heterocycles. The molecular weight excluding hydrogens is 262 g/mol. The van der Waals surface area contributed by atoms with Gasteiger partial charge in [0.15, 0.2) is 0 Å². The number of carbonyl (C=O) groups is 1. The van der Waals surface area contributed by atoms with E-state index in [9.17, 15) is 14.1 Å². The van der Waals surface area contributed by atoms with Crippen molar-refractivity contribution in [2.45, 2.75) is 13.3 Å². The van der Waals surface area contributed by atoms with Gasteiger partial charge in [0.05, 0.1) is 14.8 Å². The van der Waals surface area contributed by atoms with Gasteiger partial charge < -0.3 is 5.11 Å². The molecule has 2 aromatic rings. The summed E-state index contributed by atoms with van der Waals surface area (Å²) in [7, 11) is -4.04. The van der Waals surface area contributed by atoms with Crippen molar-refractivity contribution in [3.63, 3.8) is 0 Å². The predicted molar refractivity (Wildman–Crippen MR) is 76.9 cm³/mol. The van der Waals surface area contributed by atoms with Gasteiger partial charge in [-0.25, -0.2) is 9.00 Å². The SMILES string of the molecule is Cc1cc2ccccc2n1S1(=O)(C(=O)O)C=CCC1. The van der Waals surface area contributed by atoms with Crippen molar-refractivity contribution in [2.75, 3.05) is 5.75 Å². The van der Waals surface area contributed by atoms with Crippen LogP contribution in [-0.2, 0) is 9.25 Å². The molecular formula is C14H15NO3S. The summed E-state index contributed by atoms with van der Waals surface area (Å²) >= 11 is 0. The van der Waals surface area contributed by atoms with Crippen molar-refractivity contribution in [3.05, 3.63) is 47.5 Å². The molecule has 3 rings (SSSR count). The number of hydrogen-bond acceptors (Lipinski definition) is 2. The van der Waals surface area contributed by atoms with E-state index in [2.05, 4.69) is 0 Å². The van der Waals surface area contributed by atoms with E-state index in [4.69, 9.17) is 0 Å². The number of carboxylic acid groups (broad SMARTS) is 1. The van der Waals surface area contributed by atoms with Crippen LogP contribution in [0, 0.1) is 6.92 Å². The second-order valence-electron chi connectivity index (χ2n) is 4.90. The molecule has 0 atom stereocenters. The van der Waals surface area contributed by atoms with Gasteiger partial charge in [-0.15, -0.1) is 0 Å². The number of hydrogen-bond donors (Lipinski definition) is 1. The Morgan fingerprint density at radius 2 is 2.11 bits per heavy atom. The lowest BCUT2D eigenvalue weighted by atomic mass is 10.2. The highest BCUT2D eigenvalue weighted by Gasteiger charge is 2.47. The topological polar surface area (TPSA) is 59.3 Å². The van der Waals surface area contributed by atoms with Gasteiger partial charge in [0.1, 0.15) is 0 Å². The molecule has 19 heavy (non-hydrogen) atoms. The highest BCUT2D eigenvalue weighted by Crippen LogP contribution is 2.41. The van der Waals surface area contributed by atoms with E-state index >= 15 is 0 Å². The fourth-order valence-electron chi connectivity index (χ4n) is 2.81. The summed E-state index contributed by atoms with van der Waals surface area (Å²) in [6.45, 7) is 1.80. The van der Waals surface area contributed by atoms with Crippen LogP contribution >= 0.6 is 0 Å². The molecule has 2 heterocycles. The Hall–Kier alpha value is -1.88. The Kier molecular flexibility index (Phi) is 2.29. The fraction of sp³-hybridized carbons (Fsp3) is 0.214. The van der Waals surface area contributed by atoms with Crippen LogP contribution in [-0.4, -0.2) is 24.3 Å². The molecule has 0 aliphatic carbocycles. The van der Waals surface area contributed by atoms with Crippen LogP contribution in [0.25, 0.3) is 10.9 Å². The molecule has 100 valence electrons. The van der Waals surface area contributed by atoms with E-state index in [1.165, 1.54) is 9.38 Å². The maximum Gasteiger partial charge on any atom is 0.394 e. The Balaban J connectivity index is 2.48.